The fourth-order valence-corrected chi connectivity index (χ4v) is 2.71. The summed E-state index contributed by atoms with van der Waals surface area (Å²) < 4.78 is 10.8. The van der Waals surface area contributed by atoms with Crippen LogP contribution in [-0.2, 0) is 4.79 Å². The molecule has 0 aliphatic carbocycles. The molecule has 0 saturated carbocycles. The molecule has 0 bridgehead atoms. The number of hydrogen-bond acceptors (Lipinski definition) is 4. The minimum atomic E-state index is -0.104. The van der Waals surface area contributed by atoms with Crippen LogP contribution in [0.4, 0.5) is 0 Å². The summed E-state index contributed by atoms with van der Waals surface area (Å²) in [5.74, 6) is 1.47. The first-order valence-electron chi connectivity index (χ1n) is 10.0. The molecule has 0 atom stereocenters. The molecule has 1 aromatic heterocycles. The van der Waals surface area contributed by atoms with Crippen molar-refractivity contribution in [3.05, 3.63) is 72.6 Å². The van der Waals surface area contributed by atoms with Crippen LogP contribution in [0.5, 0.6) is 11.5 Å². The number of ether oxygens (including phenoxy) is 2. The van der Waals surface area contributed by atoms with Crippen LogP contribution < -0.4 is 14.8 Å². The number of carbonyl (C=O) groups is 1. The van der Waals surface area contributed by atoms with E-state index in [1.54, 1.807) is 25.6 Å². The van der Waals surface area contributed by atoms with E-state index in [1.165, 1.54) is 5.57 Å². The molecule has 0 fully saturated rings. The Morgan fingerprint density at radius 3 is 2.66 bits per heavy atom. The van der Waals surface area contributed by atoms with Gasteiger partial charge in [0.05, 0.1) is 19.9 Å². The minimum Gasteiger partial charge on any atom is -0.497 e. The quantitative estimate of drug-likeness (QED) is 0.319. The van der Waals surface area contributed by atoms with Gasteiger partial charge in [-0.05, 0) is 54.7 Å². The summed E-state index contributed by atoms with van der Waals surface area (Å²) in [5, 5.41) is 2.87. The second-order valence-electron chi connectivity index (χ2n) is 6.56. The molecule has 5 heteroatoms. The highest BCUT2D eigenvalue weighted by Gasteiger charge is 2.02. The Labute approximate surface area is 173 Å². The van der Waals surface area contributed by atoms with Gasteiger partial charge in [0.15, 0.2) is 0 Å². The molecule has 1 amide bonds. The van der Waals surface area contributed by atoms with Crippen molar-refractivity contribution in [2.45, 2.75) is 32.6 Å². The van der Waals surface area contributed by atoms with Crippen LogP contribution >= 0.6 is 0 Å². The van der Waals surface area contributed by atoms with E-state index in [2.05, 4.69) is 29.4 Å². The molecule has 0 unspecified atom stereocenters. The summed E-state index contributed by atoms with van der Waals surface area (Å²) in [6.07, 6.45) is 12.7. The predicted molar refractivity (Wildman–Crippen MR) is 117 cm³/mol. The van der Waals surface area contributed by atoms with E-state index in [0.29, 0.717) is 13.2 Å². The van der Waals surface area contributed by atoms with Gasteiger partial charge in [-0.3, -0.25) is 9.78 Å². The number of nitrogens with zero attached hydrogens (tertiary/aromatic N) is 1. The smallest absolute Gasteiger partial charge is 0.243 e. The monoisotopic (exact) mass is 394 g/mol. The largest absolute Gasteiger partial charge is 0.497 e. The van der Waals surface area contributed by atoms with E-state index >= 15 is 0 Å². The lowest BCUT2D eigenvalue weighted by molar-refractivity contribution is -0.116. The molecule has 1 aromatic carbocycles. The molecule has 1 heterocycles. The number of hydrogen-bond donors (Lipinski definition) is 1. The first-order chi connectivity index (χ1) is 14.2. The number of benzene rings is 1. The average molecular weight is 395 g/mol. The highest BCUT2D eigenvalue weighted by atomic mass is 16.5. The first kappa shape index (κ1) is 22.2. The Morgan fingerprint density at radius 1 is 1.14 bits per heavy atom. The van der Waals surface area contributed by atoms with E-state index in [4.69, 9.17) is 9.47 Å². The molecule has 0 saturated heterocycles. The number of allylic oxidation sites excluding steroid dienone is 3. The van der Waals surface area contributed by atoms with Crippen LogP contribution in [0.2, 0.25) is 0 Å². The van der Waals surface area contributed by atoms with Crippen LogP contribution in [0.3, 0.4) is 0 Å². The van der Waals surface area contributed by atoms with Gasteiger partial charge in [0.2, 0.25) is 5.91 Å². The zero-order valence-corrected chi connectivity index (χ0v) is 17.3. The number of methoxy groups -OCH3 is 1. The van der Waals surface area contributed by atoms with E-state index in [-0.39, 0.29) is 5.91 Å². The second kappa shape index (κ2) is 13.2. The first-order valence-corrected chi connectivity index (χ1v) is 10.0. The summed E-state index contributed by atoms with van der Waals surface area (Å²) >= 11 is 0. The standard InChI is InChI=1S/C24H30N2O3/c1-3-4-8-20(21-12-14-22(28-2)15-13-21)9-5-11-24(27)26-17-7-18-29-23-10-6-16-25-19-23/h5-6,9-16,19H,3-4,7-8,17-18H2,1-2H3,(H,26,27)/b11-5+,20-9+. The van der Waals surface area contributed by atoms with Gasteiger partial charge < -0.3 is 14.8 Å². The molecule has 0 aliphatic heterocycles. The summed E-state index contributed by atoms with van der Waals surface area (Å²) in [6, 6.07) is 11.7. The van der Waals surface area contributed by atoms with Crippen molar-refractivity contribution in [3.8, 4) is 11.5 Å². The molecule has 154 valence electrons. The number of aromatic nitrogens is 1. The minimum absolute atomic E-state index is 0.104. The maximum Gasteiger partial charge on any atom is 0.243 e. The number of amides is 1. The van der Waals surface area contributed by atoms with Crippen molar-refractivity contribution in [3.63, 3.8) is 0 Å². The van der Waals surface area contributed by atoms with Gasteiger partial charge in [0.1, 0.15) is 11.5 Å². The van der Waals surface area contributed by atoms with Crippen molar-refractivity contribution in [2.75, 3.05) is 20.3 Å². The Bertz CT molecular complexity index is 784. The van der Waals surface area contributed by atoms with Crippen molar-refractivity contribution in [1.82, 2.24) is 10.3 Å². The third kappa shape index (κ3) is 8.64. The van der Waals surface area contributed by atoms with Gasteiger partial charge in [-0.15, -0.1) is 0 Å². The molecular formula is C24H30N2O3. The lowest BCUT2D eigenvalue weighted by atomic mass is 9.99. The summed E-state index contributed by atoms with van der Waals surface area (Å²) in [5.41, 5.74) is 2.36. The van der Waals surface area contributed by atoms with Gasteiger partial charge in [0, 0.05) is 18.8 Å². The van der Waals surface area contributed by atoms with Crippen molar-refractivity contribution < 1.29 is 14.3 Å². The van der Waals surface area contributed by atoms with E-state index in [0.717, 1.165) is 42.7 Å². The summed E-state index contributed by atoms with van der Waals surface area (Å²) in [7, 11) is 1.66. The third-order valence-electron chi connectivity index (χ3n) is 4.33. The maximum absolute atomic E-state index is 12.0. The van der Waals surface area contributed by atoms with Crippen LogP contribution in [0.15, 0.2) is 67.0 Å². The molecule has 1 N–H and O–H groups in total. The van der Waals surface area contributed by atoms with Crippen molar-refractivity contribution in [1.29, 1.82) is 0 Å². The fourth-order valence-electron chi connectivity index (χ4n) is 2.71. The van der Waals surface area contributed by atoms with Gasteiger partial charge in [0.25, 0.3) is 0 Å². The second-order valence-corrected chi connectivity index (χ2v) is 6.56. The molecule has 29 heavy (non-hydrogen) atoms. The molecule has 0 spiro atoms. The SMILES string of the molecule is CCCC/C(=C\C=C\C(=O)NCCCOc1cccnc1)c1ccc(OC)cc1. The lowest BCUT2D eigenvalue weighted by Gasteiger charge is -2.08. The van der Waals surface area contributed by atoms with Crippen LogP contribution in [0.1, 0.15) is 38.2 Å². The zero-order valence-electron chi connectivity index (χ0n) is 17.3. The lowest BCUT2D eigenvalue weighted by Crippen LogP contribution is -2.23. The molecule has 2 rings (SSSR count). The van der Waals surface area contributed by atoms with E-state index in [1.807, 2.05) is 36.4 Å². The molecule has 5 nitrogen and oxygen atoms in total. The Hall–Kier alpha value is -3.08. The van der Waals surface area contributed by atoms with Gasteiger partial charge in [-0.2, -0.15) is 0 Å². The van der Waals surface area contributed by atoms with Gasteiger partial charge >= 0.3 is 0 Å². The maximum atomic E-state index is 12.0. The number of rotatable bonds is 12. The van der Waals surface area contributed by atoms with Crippen LogP contribution in [0, 0.1) is 0 Å². The highest BCUT2D eigenvalue weighted by Crippen LogP contribution is 2.23. The van der Waals surface area contributed by atoms with Crippen LogP contribution in [0.25, 0.3) is 5.57 Å². The predicted octanol–water partition coefficient (Wildman–Crippen LogP) is 4.81. The van der Waals surface area contributed by atoms with E-state index in [9.17, 15) is 4.79 Å². The number of carbonyl (C=O) groups excluding carboxylic acids is 1. The summed E-state index contributed by atoms with van der Waals surface area (Å²) in [6.45, 7) is 3.27. The zero-order chi connectivity index (χ0) is 20.7. The number of unbranched alkanes of at least 4 members (excludes halogenated alkanes) is 1. The Morgan fingerprint density at radius 2 is 1.97 bits per heavy atom. The number of nitrogens with one attached hydrogen (secondary N) is 1. The molecule has 2 aromatic rings. The van der Waals surface area contributed by atoms with Crippen molar-refractivity contribution >= 4 is 11.5 Å². The fraction of sp³-hybridized carbons (Fsp3) is 0.333. The van der Waals surface area contributed by atoms with E-state index < -0.39 is 0 Å². The average Bonchev–Trinajstić information content (AvgIpc) is 2.76. The third-order valence-corrected chi connectivity index (χ3v) is 4.33. The normalized spacial score (nSPS) is 11.4. The molecule has 0 aliphatic rings. The Balaban J connectivity index is 1.79. The van der Waals surface area contributed by atoms with Gasteiger partial charge in [-0.1, -0.05) is 37.6 Å². The number of pyridine rings is 1. The highest BCUT2D eigenvalue weighted by molar-refractivity contribution is 5.88. The van der Waals surface area contributed by atoms with Crippen molar-refractivity contribution in [2.24, 2.45) is 0 Å². The summed E-state index contributed by atoms with van der Waals surface area (Å²) in [4.78, 5) is 16.0. The van der Waals surface area contributed by atoms with Gasteiger partial charge in [-0.25, -0.2) is 0 Å². The molecular weight excluding hydrogens is 364 g/mol. The molecule has 0 radical (unpaired) electrons. The Kier molecular flexibility index (Phi) is 10.1. The topological polar surface area (TPSA) is 60.5 Å². The van der Waals surface area contributed by atoms with Crippen LogP contribution in [-0.4, -0.2) is 31.2 Å².